The number of aryl methyl sites for hydroxylation is 1. The van der Waals surface area contributed by atoms with Gasteiger partial charge in [0.05, 0.1) is 14.2 Å². The van der Waals surface area contributed by atoms with Crippen molar-refractivity contribution in [3.63, 3.8) is 0 Å². The van der Waals surface area contributed by atoms with Gasteiger partial charge in [0, 0.05) is 38.8 Å². The number of benzene rings is 2. The van der Waals surface area contributed by atoms with Crippen LogP contribution < -0.4 is 25.0 Å². The Kier molecular flexibility index (Phi) is 8.15. The zero-order valence-electron chi connectivity index (χ0n) is 18.6. The first-order valence-electron chi connectivity index (χ1n) is 10.7. The Balaban J connectivity index is 1.41. The Morgan fingerprint density at radius 1 is 1.03 bits per heavy atom. The molecule has 2 aromatic rings. The highest BCUT2D eigenvalue weighted by molar-refractivity contribution is 5.95. The van der Waals surface area contributed by atoms with Gasteiger partial charge in [-0.25, -0.2) is 0 Å². The molecule has 1 aliphatic rings. The monoisotopic (exact) mass is 424 g/mol. The fourth-order valence-electron chi connectivity index (χ4n) is 3.66. The normalized spacial score (nSPS) is 14.0. The van der Waals surface area contributed by atoms with Crippen molar-refractivity contribution >= 4 is 17.6 Å². The summed E-state index contributed by atoms with van der Waals surface area (Å²) in [6, 6.07) is 14.2. The minimum atomic E-state index is 0.212. The fourth-order valence-corrected chi connectivity index (χ4v) is 3.66. The molecule has 3 rings (SSSR count). The molecule has 0 spiro atoms. The lowest BCUT2D eigenvalue weighted by atomic mass is 10.1. The number of methoxy groups -OCH3 is 2. The van der Waals surface area contributed by atoms with Crippen molar-refractivity contribution in [2.24, 2.45) is 4.99 Å². The molecule has 0 radical (unpaired) electrons. The van der Waals surface area contributed by atoms with Gasteiger partial charge in [0.2, 0.25) is 5.91 Å². The largest absolute Gasteiger partial charge is 0.493 e. The minimum Gasteiger partial charge on any atom is -0.493 e. The van der Waals surface area contributed by atoms with Crippen molar-refractivity contribution in [2.45, 2.75) is 32.2 Å². The molecule has 1 heterocycles. The number of carbonyl (C=O) groups excluding carboxylic acids is 1. The summed E-state index contributed by atoms with van der Waals surface area (Å²) >= 11 is 0. The highest BCUT2D eigenvalue weighted by Gasteiger charge is 2.21. The molecule has 166 valence electrons. The van der Waals surface area contributed by atoms with Gasteiger partial charge in [0.25, 0.3) is 0 Å². The van der Waals surface area contributed by atoms with Crippen LogP contribution in [0.2, 0.25) is 0 Å². The van der Waals surface area contributed by atoms with Crippen LogP contribution in [0.1, 0.15) is 30.4 Å². The molecule has 7 heteroatoms. The highest BCUT2D eigenvalue weighted by Crippen LogP contribution is 2.28. The average Bonchev–Trinajstić information content (AvgIpc) is 3.24. The number of hydrogen-bond donors (Lipinski definition) is 2. The molecule has 0 bridgehead atoms. The topological polar surface area (TPSA) is 75.2 Å². The second-order valence-electron chi connectivity index (χ2n) is 7.46. The summed E-state index contributed by atoms with van der Waals surface area (Å²) in [5.74, 6) is 2.48. The van der Waals surface area contributed by atoms with Gasteiger partial charge >= 0.3 is 0 Å². The van der Waals surface area contributed by atoms with Crippen LogP contribution >= 0.6 is 0 Å². The highest BCUT2D eigenvalue weighted by atomic mass is 16.5. The van der Waals surface area contributed by atoms with E-state index < -0.39 is 0 Å². The van der Waals surface area contributed by atoms with Crippen molar-refractivity contribution < 1.29 is 14.3 Å². The molecule has 0 saturated carbocycles. The van der Waals surface area contributed by atoms with Crippen LogP contribution in [0.4, 0.5) is 5.69 Å². The van der Waals surface area contributed by atoms with Crippen LogP contribution in [0.3, 0.4) is 0 Å². The first-order chi connectivity index (χ1) is 15.1. The van der Waals surface area contributed by atoms with Crippen molar-refractivity contribution in [3.8, 4) is 11.5 Å². The van der Waals surface area contributed by atoms with E-state index in [1.807, 2.05) is 29.2 Å². The Morgan fingerprint density at radius 2 is 1.77 bits per heavy atom. The van der Waals surface area contributed by atoms with E-state index in [0.717, 1.165) is 61.1 Å². The molecule has 7 nitrogen and oxygen atoms in total. The number of carbonyl (C=O) groups is 1. The number of aliphatic imine (C=N–C) groups is 1. The number of amides is 1. The maximum atomic E-state index is 11.9. The van der Waals surface area contributed by atoms with Crippen LogP contribution in [0.5, 0.6) is 11.5 Å². The summed E-state index contributed by atoms with van der Waals surface area (Å²) in [4.78, 5) is 18.0. The Hall–Kier alpha value is -3.22. The predicted octanol–water partition coefficient (Wildman–Crippen LogP) is 3.13. The molecule has 31 heavy (non-hydrogen) atoms. The van der Waals surface area contributed by atoms with Crippen LogP contribution in [-0.2, 0) is 17.8 Å². The number of nitrogens with zero attached hydrogens (tertiary/aromatic N) is 2. The van der Waals surface area contributed by atoms with E-state index >= 15 is 0 Å². The number of rotatable bonds is 9. The van der Waals surface area contributed by atoms with Gasteiger partial charge in [-0.1, -0.05) is 18.2 Å². The standard InChI is InChI=1S/C24H32N4O3/c1-25-24(26-14-4-6-18-10-13-21(30-2)22(16-18)31-3)27-17-19-8-11-20(12-9-19)28-15-5-7-23(28)29/h8-13,16H,4-7,14-15,17H2,1-3H3,(H2,25,26,27). The molecule has 0 unspecified atom stereocenters. The SMILES string of the molecule is CN=C(NCCCc1ccc(OC)c(OC)c1)NCc1ccc(N2CCCC2=O)cc1. The maximum absolute atomic E-state index is 11.9. The van der Waals surface area contributed by atoms with Gasteiger partial charge in [0.15, 0.2) is 17.5 Å². The molecular formula is C24H32N4O3. The van der Waals surface area contributed by atoms with Gasteiger partial charge in [-0.2, -0.15) is 0 Å². The molecule has 0 atom stereocenters. The third-order valence-electron chi connectivity index (χ3n) is 5.39. The van der Waals surface area contributed by atoms with Gasteiger partial charge in [-0.05, 0) is 54.7 Å². The van der Waals surface area contributed by atoms with E-state index in [0.29, 0.717) is 13.0 Å². The zero-order chi connectivity index (χ0) is 22.1. The molecular weight excluding hydrogens is 392 g/mol. The minimum absolute atomic E-state index is 0.212. The number of guanidine groups is 1. The van der Waals surface area contributed by atoms with Gasteiger partial charge < -0.3 is 25.0 Å². The summed E-state index contributed by atoms with van der Waals surface area (Å²) < 4.78 is 10.6. The van der Waals surface area contributed by atoms with E-state index in [1.54, 1.807) is 21.3 Å². The van der Waals surface area contributed by atoms with Gasteiger partial charge in [0.1, 0.15) is 0 Å². The number of hydrogen-bond acceptors (Lipinski definition) is 4. The fraction of sp³-hybridized carbons (Fsp3) is 0.417. The average molecular weight is 425 g/mol. The number of ether oxygens (including phenoxy) is 2. The van der Waals surface area contributed by atoms with Crippen molar-refractivity contribution in [3.05, 3.63) is 53.6 Å². The van der Waals surface area contributed by atoms with Crippen LogP contribution in [0.15, 0.2) is 47.5 Å². The lowest BCUT2D eigenvalue weighted by Crippen LogP contribution is -2.37. The summed E-state index contributed by atoms with van der Waals surface area (Å²) in [5.41, 5.74) is 3.33. The molecule has 2 N–H and O–H groups in total. The predicted molar refractivity (Wildman–Crippen MR) is 124 cm³/mol. The van der Waals surface area contributed by atoms with E-state index in [4.69, 9.17) is 9.47 Å². The maximum Gasteiger partial charge on any atom is 0.227 e. The summed E-state index contributed by atoms with van der Waals surface area (Å²) in [5, 5.41) is 6.69. The lowest BCUT2D eigenvalue weighted by molar-refractivity contribution is -0.117. The third-order valence-corrected chi connectivity index (χ3v) is 5.39. The Labute approximate surface area is 184 Å². The number of anilines is 1. The number of nitrogens with one attached hydrogen (secondary N) is 2. The molecule has 1 aliphatic heterocycles. The zero-order valence-corrected chi connectivity index (χ0v) is 18.6. The van der Waals surface area contributed by atoms with Gasteiger partial charge in [-0.3, -0.25) is 9.79 Å². The molecule has 0 aliphatic carbocycles. The summed E-state index contributed by atoms with van der Waals surface area (Å²) in [6.07, 6.45) is 3.49. The van der Waals surface area contributed by atoms with Gasteiger partial charge in [-0.15, -0.1) is 0 Å². The summed E-state index contributed by atoms with van der Waals surface area (Å²) in [7, 11) is 5.06. The second kappa shape index (κ2) is 11.2. The molecule has 1 fully saturated rings. The second-order valence-corrected chi connectivity index (χ2v) is 7.46. The van der Waals surface area contributed by atoms with Crippen LogP contribution in [0.25, 0.3) is 0 Å². The Morgan fingerprint density at radius 3 is 2.42 bits per heavy atom. The molecule has 2 aromatic carbocycles. The van der Waals surface area contributed by atoms with Crippen molar-refractivity contribution in [1.29, 1.82) is 0 Å². The van der Waals surface area contributed by atoms with E-state index in [1.165, 1.54) is 5.56 Å². The third kappa shape index (κ3) is 6.13. The van der Waals surface area contributed by atoms with Crippen molar-refractivity contribution in [2.75, 3.05) is 39.3 Å². The smallest absolute Gasteiger partial charge is 0.227 e. The quantitative estimate of drug-likeness (QED) is 0.368. The van der Waals surface area contributed by atoms with E-state index in [2.05, 4.69) is 33.8 Å². The molecule has 0 aromatic heterocycles. The first-order valence-corrected chi connectivity index (χ1v) is 10.7. The van der Waals surface area contributed by atoms with E-state index in [-0.39, 0.29) is 5.91 Å². The molecule has 1 amide bonds. The van der Waals surface area contributed by atoms with Crippen LogP contribution in [-0.4, -0.2) is 46.2 Å². The Bertz CT molecular complexity index is 896. The van der Waals surface area contributed by atoms with Crippen molar-refractivity contribution in [1.82, 2.24) is 10.6 Å². The first kappa shape index (κ1) is 22.5. The summed E-state index contributed by atoms with van der Waals surface area (Å²) in [6.45, 7) is 2.30. The van der Waals surface area contributed by atoms with E-state index in [9.17, 15) is 4.79 Å². The van der Waals surface area contributed by atoms with Crippen LogP contribution in [0, 0.1) is 0 Å². The molecule has 1 saturated heterocycles. The lowest BCUT2D eigenvalue weighted by Gasteiger charge is -2.16.